The summed E-state index contributed by atoms with van der Waals surface area (Å²) in [6.45, 7) is 1.35. The van der Waals surface area contributed by atoms with Gasteiger partial charge in [0.2, 0.25) is 10.0 Å². The lowest BCUT2D eigenvalue weighted by atomic mass is 9.83. The van der Waals surface area contributed by atoms with E-state index in [-0.39, 0.29) is 17.9 Å². The second-order valence-corrected chi connectivity index (χ2v) is 7.67. The first kappa shape index (κ1) is 17.2. The molecule has 0 aromatic carbocycles. The van der Waals surface area contributed by atoms with E-state index in [1.807, 2.05) is 0 Å². The van der Waals surface area contributed by atoms with Crippen molar-refractivity contribution in [2.24, 2.45) is 5.73 Å². The Kier molecular flexibility index (Phi) is 6.53. The third-order valence-electron chi connectivity index (χ3n) is 4.03. The summed E-state index contributed by atoms with van der Waals surface area (Å²) in [7, 11) is -3.28. The Bertz CT molecular complexity index is 363. The van der Waals surface area contributed by atoms with Crippen LogP contribution in [0, 0.1) is 0 Å². The summed E-state index contributed by atoms with van der Waals surface area (Å²) in [6.07, 6.45) is 6.75. The Labute approximate surface area is 122 Å². The number of nitrogens with two attached hydrogens (primary N) is 1. The number of hydrogen-bond donors (Lipinski definition) is 2. The average Bonchev–Trinajstić information content (AvgIpc) is 2.39. The number of nitrogens with one attached hydrogen (secondary N) is 1. The number of hydrogen-bond acceptors (Lipinski definition) is 4. The van der Waals surface area contributed by atoms with Gasteiger partial charge in [0, 0.05) is 18.7 Å². The zero-order chi connectivity index (χ0) is 13.1. The van der Waals surface area contributed by atoms with E-state index < -0.39 is 15.3 Å². The van der Waals surface area contributed by atoms with Gasteiger partial charge in [-0.1, -0.05) is 19.3 Å². The molecule has 2 fully saturated rings. The highest BCUT2D eigenvalue weighted by Gasteiger charge is 2.32. The van der Waals surface area contributed by atoms with E-state index in [4.69, 9.17) is 10.5 Å². The molecule has 3 N–H and O–H groups in total. The number of rotatable bonds is 4. The molecule has 7 heteroatoms. The largest absolute Gasteiger partial charge is 0.380 e. The minimum absolute atomic E-state index is 0. The van der Waals surface area contributed by atoms with Crippen LogP contribution >= 0.6 is 12.4 Å². The SMILES string of the molecule is Cl.NC1(CNS(=O)(=O)C2CCCOC2)CCCCC1. The van der Waals surface area contributed by atoms with Gasteiger partial charge in [0.1, 0.15) is 0 Å². The van der Waals surface area contributed by atoms with Crippen molar-refractivity contribution in [2.45, 2.75) is 55.7 Å². The smallest absolute Gasteiger partial charge is 0.216 e. The summed E-state index contributed by atoms with van der Waals surface area (Å²) in [4.78, 5) is 0. The van der Waals surface area contributed by atoms with Crippen LogP contribution in [-0.4, -0.2) is 39.0 Å². The quantitative estimate of drug-likeness (QED) is 0.816. The highest BCUT2D eigenvalue weighted by molar-refractivity contribution is 7.90. The first-order valence-electron chi connectivity index (χ1n) is 6.87. The Morgan fingerprint density at radius 3 is 2.47 bits per heavy atom. The molecule has 0 bridgehead atoms. The van der Waals surface area contributed by atoms with E-state index >= 15 is 0 Å². The van der Waals surface area contributed by atoms with Gasteiger partial charge in [0.15, 0.2) is 0 Å². The minimum atomic E-state index is -3.28. The molecule has 0 amide bonds. The first-order chi connectivity index (χ1) is 8.52. The molecule has 1 aliphatic carbocycles. The summed E-state index contributed by atoms with van der Waals surface area (Å²) in [5, 5.41) is -0.404. The van der Waals surface area contributed by atoms with Crippen LogP contribution in [0.1, 0.15) is 44.9 Å². The van der Waals surface area contributed by atoms with E-state index in [0.717, 1.165) is 32.1 Å². The molecule has 0 radical (unpaired) electrons. The molecule has 5 nitrogen and oxygen atoms in total. The molecule has 0 aromatic heterocycles. The number of ether oxygens (including phenoxy) is 1. The third kappa shape index (κ3) is 4.86. The Morgan fingerprint density at radius 1 is 1.21 bits per heavy atom. The van der Waals surface area contributed by atoms with Crippen molar-refractivity contribution in [2.75, 3.05) is 19.8 Å². The predicted molar refractivity (Wildman–Crippen MR) is 78.0 cm³/mol. The molecular weight excluding hydrogens is 288 g/mol. The van der Waals surface area contributed by atoms with Crippen molar-refractivity contribution < 1.29 is 13.2 Å². The lowest BCUT2D eigenvalue weighted by Crippen LogP contribution is -2.53. The second-order valence-electron chi connectivity index (χ2n) is 5.63. The molecule has 2 aliphatic rings. The van der Waals surface area contributed by atoms with Gasteiger partial charge in [0.05, 0.1) is 11.9 Å². The van der Waals surface area contributed by atoms with Crippen LogP contribution in [0.5, 0.6) is 0 Å². The van der Waals surface area contributed by atoms with Crippen LogP contribution in [0.4, 0.5) is 0 Å². The molecule has 0 aromatic rings. The summed E-state index contributed by atoms with van der Waals surface area (Å²) >= 11 is 0. The van der Waals surface area contributed by atoms with Crippen LogP contribution < -0.4 is 10.5 Å². The molecule has 114 valence electrons. The second kappa shape index (κ2) is 7.22. The summed E-state index contributed by atoms with van der Waals surface area (Å²) in [5.41, 5.74) is 5.89. The molecule has 1 aliphatic heterocycles. The zero-order valence-electron chi connectivity index (χ0n) is 11.3. The fraction of sp³-hybridized carbons (Fsp3) is 1.00. The van der Waals surface area contributed by atoms with Crippen molar-refractivity contribution in [3.05, 3.63) is 0 Å². The topological polar surface area (TPSA) is 81.4 Å². The van der Waals surface area contributed by atoms with E-state index in [2.05, 4.69) is 4.72 Å². The standard InChI is InChI=1S/C12H24N2O3S.ClH/c13-12(6-2-1-3-7-12)10-14-18(15,16)11-5-4-8-17-9-11;/h11,14H,1-10,13H2;1H. The lowest BCUT2D eigenvalue weighted by molar-refractivity contribution is 0.0987. The van der Waals surface area contributed by atoms with Gasteiger partial charge in [-0.2, -0.15) is 0 Å². The highest BCUT2D eigenvalue weighted by Crippen LogP contribution is 2.25. The van der Waals surface area contributed by atoms with Gasteiger partial charge >= 0.3 is 0 Å². The fourth-order valence-corrected chi connectivity index (χ4v) is 4.23. The van der Waals surface area contributed by atoms with Gasteiger partial charge in [-0.15, -0.1) is 12.4 Å². The van der Waals surface area contributed by atoms with Crippen LogP contribution in [0.3, 0.4) is 0 Å². The average molecular weight is 313 g/mol. The first-order valence-corrected chi connectivity index (χ1v) is 8.42. The molecule has 1 saturated heterocycles. The van der Waals surface area contributed by atoms with E-state index in [0.29, 0.717) is 26.2 Å². The molecule has 0 spiro atoms. The van der Waals surface area contributed by atoms with Crippen molar-refractivity contribution in [3.63, 3.8) is 0 Å². The Hall–Kier alpha value is 0.120. The predicted octanol–water partition coefficient (Wildman–Crippen LogP) is 1.17. The molecular formula is C12H25ClN2O3S. The van der Waals surface area contributed by atoms with E-state index in [1.54, 1.807) is 0 Å². The lowest BCUT2D eigenvalue weighted by Gasteiger charge is -2.34. The van der Waals surface area contributed by atoms with Crippen molar-refractivity contribution in [3.8, 4) is 0 Å². The normalized spacial score (nSPS) is 27.5. The third-order valence-corrected chi connectivity index (χ3v) is 5.83. The maximum Gasteiger partial charge on any atom is 0.216 e. The van der Waals surface area contributed by atoms with Gasteiger partial charge in [-0.25, -0.2) is 13.1 Å². The van der Waals surface area contributed by atoms with Gasteiger partial charge in [0.25, 0.3) is 0 Å². The van der Waals surface area contributed by atoms with Crippen LogP contribution in [0.15, 0.2) is 0 Å². The monoisotopic (exact) mass is 312 g/mol. The van der Waals surface area contributed by atoms with Crippen LogP contribution in [0.2, 0.25) is 0 Å². The molecule has 2 rings (SSSR count). The summed E-state index contributed by atoms with van der Waals surface area (Å²) < 4.78 is 32.2. The van der Waals surface area contributed by atoms with Gasteiger partial charge in [-0.05, 0) is 25.7 Å². The van der Waals surface area contributed by atoms with Crippen molar-refractivity contribution in [1.29, 1.82) is 0 Å². The van der Waals surface area contributed by atoms with Gasteiger partial charge in [-0.3, -0.25) is 0 Å². The molecule has 1 unspecified atom stereocenters. The maximum absolute atomic E-state index is 12.1. The number of halogens is 1. The summed E-state index contributed by atoms with van der Waals surface area (Å²) in [6, 6.07) is 0. The fourth-order valence-electron chi connectivity index (χ4n) is 2.75. The van der Waals surface area contributed by atoms with Crippen LogP contribution in [-0.2, 0) is 14.8 Å². The number of sulfonamides is 1. The zero-order valence-corrected chi connectivity index (χ0v) is 12.9. The maximum atomic E-state index is 12.1. The van der Waals surface area contributed by atoms with Crippen molar-refractivity contribution >= 4 is 22.4 Å². The molecule has 1 atom stereocenters. The van der Waals surface area contributed by atoms with Crippen molar-refractivity contribution in [1.82, 2.24) is 4.72 Å². The van der Waals surface area contributed by atoms with E-state index in [9.17, 15) is 8.42 Å². The summed E-state index contributed by atoms with van der Waals surface area (Å²) in [5.74, 6) is 0. The molecule has 1 saturated carbocycles. The van der Waals surface area contributed by atoms with Crippen LogP contribution in [0.25, 0.3) is 0 Å². The molecule has 19 heavy (non-hydrogen) atoms. The highest BCUT2D eigenvalue weighted by atomic mass is 35.5. The Morgan fingerprint density at radius 2 is 1.89 bits per heavy atom. The molecule has 1 heterocycles. The van der Waals surface area contributed by atoms with Gasteiger partial charge < -0.3 is 10.5 Å². The minimum Gasteiger partial charge on any atom is -0.380 e. The Balaban J connectivity index is 0.00000180. The van der Waals surface area contributed by atoms with E-state index in [1.165, 1.54) is 6.42 Å².